The zero-order valence-electron chi connectivity index (χ0n) is 19.0. The number of morpholine rings is 1. The van der Waals surface area contributed by atoms with Crippen molar-refractivity contribution in [3.05, 3.63) is 28.8 Å². The van der Waals surface area contributed by atoms with Crippen LogP contribution in [0.4, 0.5) is 5.69 Å². The van der Waals surface area contributed by atoms with Crippen LogP contribution in [0.1, 0.15) is 32.8 Å². The van der Waals surface area contributed by atoms with Crippen molar-refractivity contribution < 1.29 is 9.53 Å². The molecule has 1 fully saturated rings. The molecular formula is C22H37ClIN5O2. The van der Waals surface area contributed by atoms with Gasteiger partial charge < -0.3 is 20.7 Å². The number of carbonyl (C=O) groups is 1. The first-order chi connectivity index (χ1) is 14.4. The van der Waals surface area contributed by atoms with Crippen LogP contribution in [0.3, 0.4) is 0 Å². The van der Waals surface area contributed by atoms with E-state index in [0.29, 0.717) is 36.5 Å². The Labute approximate surface area is 208 Å². The number of nitrogens with zero attached hydrogens (tertiary/aromatic N) is 2. The van der Waals surface area contributed by atoms with Gasteiger partial charge in [0, 0.05) is 49.4 Å². The van der Waals surface area contributed by atoms with Crippen molar-refractivity contribution in [2.45, 2.75) is 40.2 Å². The normalized spacial score (nSPS) is 15.9. The molecular weight excluding hydrogens is 529 g/mol. The minimum atomic E-state index is -0.0583. The number of benzene rings is 1. The molecule has 7 nitrogen and oxygen atoms in total. The topological polar surface area (TPSA) is 78.0 Å². The molecule has 1 saturated heterocycles. The van der Waals surface area contributed by atoms with Crippen molar-refractivity contribution >= 4 is 53.1 Å². The Morgan fingerprint density at radius 3 is 2.61 bits per heavy atom. The lowest BCUT2D eigenvalue weighted by molar-refractivity contribution is -0.116. The predicted molar refractivity (Wildman–Crippen MR) is 140 cm³/mol. The van der Waals surface area contributed by atoms with Crippen LogP contribution in [0.25, 0.3) is 0 Å². The number of amides is 1. The number of nitrogens with one attached hydrogen (secondary N) is 3. The second-order valence-corrected chi connectivity index (χ2v) is 8.22. The van der Waals surface area contributed by atoms with E-state index in [-0.39, 0.29) is 29.9 Å². The molecule has 0 aliphatic carbocycles. The molecule has 1 aliphatic heterocycles. The van der Waals surface area contributed by atoms with Gasteiger partial charge in [0.2, 0.25) is 5.91 Å². The number of guanidine groups is 1. The van der Waals surface area contributed by atoms with Gasteiger partial charge in [0.15, 0.2) is 5.96 Å². The van der Waals surface area contributed by atoms with Gasteiger partial charge in [-0.05, 0) is 37.5 Å². The number of carbonyl (C=O) groups excluding carboxylic acids is 1. The molecule has 1 aromatic rings. The average Bonchev–Trinajstić information content (AvgIpc) is 2.72. The Balaban J connectivity index is 0.00000480. The van der Waals surface area contributed by atoms with Crippen molar-refractivity contribution in [2.24, 2.45) is 10.9 Å². The van der Waals surface area contributed by atoms with E-state index in [1.54, 1.807) is 0 Å². The third kappa shape index (κ3) is 9.51. The van der Waals surface area contributed by atoms with E-state index < -0.39 is 0 Å². The zero-order chi connectivity index (χ0) is 21.9. The lowest BCUT2D eigenvalue weighted by Crippen LogP contribution is -2.48. The standard InChI is InChI=1S/C22H36ClN5O2.HI/c1-5-24-22(26-15-20(16(2)3)28-11-13-30-14-12-28)25-10-9-21(29)27-19-8-6-7-18(23)17(19)4;/h6-8,16,20H,5,9-15H2,1-4H3,(H,27,29)(H2,24,25,26);1H. The fourth-order valence-corrected chi connectivity index (χ4v) is 3.61. The van der Waals surface area contributed by atoms with Crippen LogP contribution in [-0.2, 0) is 9.53 Å². The van der Waals surface area contributed by atoms with E-state index in [1.165, 1.54) is 0 Å². The summed E-state index contributed by atoms with van der Waals surface area (Å²) >= 11 is 6.12. The number of hydrogen-bond donors (Lipinski definition) is 3. The maximum Gasteiger partial charge on any atom is 0.226 e. The van der Waals surface area contributed by atoms with E-state index in [2.05, 4.69) is 34.7 Å². The summed E-state index contributed by atoms with van der Waals surface area (Å²) in [5, 5.41) is 10.1. The monoisotopic (exact) mass is 565 g/mol. The highest BCUT2D eigenvalue weighted by atomic mass is 127. The molecule has 9 heteroatoms. The molecule has 1 heterocycles. The minimum absolute atomic E-state index is 0. The summed E-state index contributed by atoms with van der Waals surface area (Å²) in [6.07, 6.45) is 0.341. The maximum atomic E-state index is 12.3. The molecule has 2 rings (SSSR count). The van der Waals surface area contributed by atoms with Crippen LogP contribution in [0.5, 0.6) is 0 Å². The summed E-state index contributed by atoms with van der Waals surface area (Å²) in [4.78, 5) is 19.5. The van der Waals surface area contributed by atoms with Crippen LogP contribution in [0, 0.1) is 12.8 Å². The number of aliphatic imine (C=N–C) groups is 1. The van der Waals surface area contributed by atoms with Crippen LogP contribution >= 0.6 is 35.6 Å². The molecule has 31 heavy (non-hydrogen) atoms. The summed E-state index contributed by atoms with van der Waals surface area (Å²) in [7, 11) is 0. The number of halogens is 2. The Morgan fingerprint density at radius 2 is 1.97 bits per heavy atom. The molecule has 1 atom stereocenters. The van der Waals surface area contributed by atoms with Gasteiger partial charge in [0.1, 0.15) is 0 Å². The summed E-state index contributed by atoms with van der Waals surface area (Å²) in [6, 6.07) is 5.88. The van der Waals surface area contributed by atoms with Crippen molar-refractivity contribution in [3.8, 4) is 0 Å². The van der Waals surface area contributed by atoms with Crippen molar-refractivity contribution in [1.29, 1.82) is 0 Å². The second-order valence-electron chi connectivity index (χ2n) is 7.82. The lowest BCUT2D eigenvalue weighted by Gasteiger charge is -2.36. The maximum absolute atomic E-state index is 12.3. The van der Waals surface area contributed by atoms with E-state index in [1.807, 2.05) is 32.0 Å². The molecule has 1 unspecified atom stereocenters. The molecule has 1 aliphatic rings. The van der Waals surface area contributed by atoms with Gasteiger partial charge >= 0.3 is 0 Å². The summed E-state index contributed by atoms with van der Waals surface area (Å²) in [6.45, 7) is 13.8. The molecule has 176 valence electrons. The first kappa shape index (κ1) is 27.9. The fraction of sp³-hybridized carbons (Fsp3) is 0.636. The number of hydrogen-bond acceptors (Lipinski definition) is 4. The van der Waals surface area contributed by atoms with Gasteiger partial charge in [-0.3, -0.25) is 14.7 Å². The largest absolute Gasteiger partial charge is 0.379 e. The highest BCUT2D eigenvalue weighted by Gasteiger charge is 2.23. The summed E-state index contributed by atoms with van der Waals surface area (Å²) < 4.78 is 5.48. The van der Waals surface area contributed by atoms with Crippen LogP contribution < -0.4 is 16.0 Å². The first-order valence-electron chi connectivity index (χ1n) is 10.8. The van der Waals surface area contributed by atoms with E-state index in [9.17, 15) is 4.79 Å². The van der Waals surface area contributed by atoms with Crippen LogP contribution in [-0.4, -0.2) is 68.7 Å². The van der Waals surface area contributed by atoms with Crippen molar-refractivity contribution in [3.63, 3.8) is 0 Å². The van der Waals surface area contributed by atoms with E-state index >= 15 is 0 Å². The minimum Gasteiger partial charge on any atom is -0.379 e. The van der Waals surface area contributed by atoms with E-state index in [0.717, 1.165) is 50.1 Å². The van der Waals surface area contributed by atoms with Gasteiger partial charge in [0.05, 0.1) is 19.8 Å². The van der Waals surface area contributed by atoms with Crippen molar-refractivity contribution in [1.82, 2.24) is 15.5 Å². The lowest BCUT2D eigenvalue weighted by atomic mass is 10.0. The molecule has 0 bridgehead atoms. The van der Waals surface area contributed by atoms with Gasteiger partial charge in [-0.2, -0.15) is 0 Å². The van der Waals surface area contributed by atoms with Gasteiger partial charge in [-0.25, -0.2) is 0 Å². The van der Waals surface area contributed by atoms with Gasteiger partial charge in [0.25, 0.3) is 0 Å². The first-order valence-corrected chi connectivity index (χ1v) is 11.2. The molecule has 1 aromatic carbocycles. The van der Waals surface area contributed by atoms with Crippen LogP contribution in [0.15, 0.2) is 23.2 Å². The predicted octanol–water partition coefficient (Wildman–Crippen LogP) is 3.51. The van der Waals surface area contributed by atoms with Gasteiger partial charge in [-0.1, -0.05) is 31.5 Å². The van der Waals surface area contributed by atoms with Gasteiger partial charge in [-0.15, -0.1) is 24.0 Å². The number of rotatable bonds is 9. The average molecular weight is 566 g/mol. The highest BCUT2D eigenvalue weighted by molar-refractivity contribution is 14.0. The Hall–Kier alpha value is -1.10. The summed E-state index contributed by atoms with van der Waals surface area (Å²) in [5.74, 6) is 1.18. The SMILES string of the molecule is CCNC(=NCC(C(C)C)N1CCOCC1)NCCC(=O)Nc1cccc(Cl)c1C.I. The molecule has 3 N–H and O–H groups in total. The molecule has 0 radical (unpaired) electrons. The van der Waals surface area contributed by atoms with Crippen LogP contribution in [0.2, 0.25) is 5.02 Å². The zero-order valence-corrected chi connectivity index (χ0v) is 22.1. The number of anilines is 1. The Kier molecular flexibility index (Phi) is 13.4. The quantitative estimate of drug-likeness (QED) is 0.243. The summed E-state index contributed by atoms with van der Waals surface area (Å²) in [5.41, 5.74) is 1.62. The Bertz CT molecular complexity index is 711. The highest BCUT2D eigenvalue weighted by Crippen LogP contribution is 2.22. The molecule has 0 aromatic heterocycles. The molecule has 1 amide bonds. The second kappa shape index (κ2) is 14.9. The third-order valence-electron chi connectivity index (χ3n) is 5.25. The third-order valence-corrected chi connectivity index (χ3v) is 5.66. The van der Waals surface area contributed by atoms with Crippen molar-refractivity contribution in [2.75, 3.05) is 51.3 Å². The fourth-order valence-electron chi connectivity index (χ4n) is 3.43. The molecule has 0 spiro atoms. The Morgan fingerprint density at radius 1 is 1.26 bits per heavy atom. The molecule has 0 saturated carbocycles. The number of ether oxygens (including phenoxy) is 1. The smallest absolute Gasteiger partial charge is 0.226 e. The van der Waals surface area contributed by atoms with E-state index in [4.69, 9.17) is 21.3 Å².